The Kier molecular flexibility index (Phi) is 6.21. The molecule has 122 valence electrons. The number of amides is 1. The van der Waals surface area contributed by atoms with Gasteiger partial charge in [-0.3, -0.25) is 4.79 Å². The second-order valence-electron chi connectivity index (χ2n) is 5.85. The largest absolute Gasteiger partial charge is 0.496 e. The molecule has 0 saturated carbocycles. The van der Waals surface area contributed by atoms with Crippen LogP contribution in [0.4, 0.5) is 0 Å². The van der Waals surface area contributed by atoms with Crippen LogP contribution in [0, 0.1) is 5.92 Å². The van der Waals surface area contributed by atoms with Crippen LogP contribution >= 0.6 is 0 Å². The lowest BCUT2D eigenvalue weighted by Crippen LogP contribution is -2.39. The summed E-state index contributed by atoms with van der Waals surface area (Å²) in [5, 5.41) is 3.09. The highest BCUT2D eigenvalue weighted by Gasteiger charge is 2.24. The third-order valence-corrected chi connectivity index (χ3v) is 4.18. The van der Waals surface area contributed by atoms with Gasteiger partial charge in [-0.15, -0.1) is 0 Å². The van der Waals surface area contributed by atoms with Crippen LogP contribution < -0.4 is 10.1 Å². The van der Waals surface area contributed by atoms with Gasteiger partial charge in [0.25, 0.3) is 0 Å². The van der Waals surface area contributed by atoms with Crippen molar-refractivity contribution in [3.63, 3.8) is 0 Å². The van der Waals surface area contributed by atoms with Crippen LogP contribution in [0.2, 0.25) is 0 Å². The lowest BCUT2D eigenvalue weighted by atomic mass is 9.99. The van der Waals surface area contributed by atoms with Crippen LogP contribution in [-0.2, 0) is 9.53 Å². The molecule has 0 radical (unpaired) electrons. The summed E-state index contributed by atoms with van der Waals surface area (Å²) in [4.78, 5) is 14.4. The van der Waals surface area contributed by atoms with Gasteiger partial charge < -0.3 is 19.7 Å². The van der Waals surface area contributed by atoms with Gasteiger partial charge in [-0.1, -0.05) is 18.2 Å². The molecule has 1 atom stereocenters. The molecule has 1 aromatic carbocycles. The molecule has 0 bridgehead atoms. The molecule has 2 rings (SSSR count). The molecule has 0 spiro atoms. The van der Waals surface area contributed by atoms with E-state index in [2.05, 4.69) is 10.2 Å². The number of rotatable bonds is 6. The maximum absolute atomic E-state index is 12.3. The minimum atomic E-state index is 0.0780. The highest BCUT2D eigenvalue weighted by Crippen LogP contribution is 2.27. The van der Waals surface area contributed by atoms with Gasteiger partial charge in [0.1, 0.15) is 5.75 Å². The van der Waals surface area contributed by atoms with E-state index in [0.29, 0.717) is 19.8 Å². The van der Waals surface area contributed by atoms with E-state index in [9.17, 15) is 4.79 Å². The molecule has 1 fully saturated rings. The molecule has 1 heterocycles. The smallest absolute Gasteiger partial charge is 0.223 e. The summed E-state index contributed by atoms with van der Waals surface area (Å²) in [6.07, 6.45) is 1.63. The lowest BCUT2D eigenvalue weighted by molar-refractivity contribution is -0.128. The highest BCUT2D eigenvalue weighted by atomic mass is 16.5. The summed E-state index contributed by atoms with van der Waals surface area (Å²) < 4.78 is 10.8. The van der Waals surface area contributed by atoms with Crippen molar-refractivity contribution < 1.29 is 14.3 Å². The van der Waals surface area contributed by atoms with E-state index in [1.54, 1.807) is 7.11 Å². The van der Waals surface area contributed by atoms with Crippen LogP contribution in [0.5, 0.6) is 5.75 Å². The fourth-order valence-corrected chi connectivity index (χ4v) is 2.81. The Hall–Kier alpha value is -1.59. The average Bonchev–Trinajstić information content (AvgIpc) is 2.55. The van der Waals surface area contributed by atoms with Gasteiger partial charge in [0.2, 0.25) is 5.91 Å². The first-order chi connectivity index (χ1) is 10.6. The van der Waals surface area contributed by atoms with Crippen molar-refractivity contribution >= 4 is 5.91 Å². The van der Waals surface area contributed by atoms with E-state index >= 15 is 0 Å². The van der Waals surface area contributed by atoms with Gasteiger partial charge in [-0.2, -0.15) is 0 Å². The Balaban J connectivity index is 2.01. The molecule has 1 aliphatic rings. The number of hydrogen-bond donors (Lipinski definition) is 1. The van der Waals surface area contributed by atoms with Crippen LogP contribution in [0.1, 0.15) is 24.4 Å². The van der Waals surface area contributed by atoms with Crippen molar-refractivity contribution in [3.8, 4) is 5.75 Å². The van der Waals surface area contributed by atoms with Crippen molar-refractivity contribution in [2.45, 2.75) is 18.9 Å². The Morgan fingerprint density at radius 1 is 1.36 bits per heavy atom. The molecule has 22 heavy (non-hydrogen) atoms. The van der Waals surface area contributed by atoms with Crippen molar-refractivity contribution in [2.24, 2.45) is 5.92 Å². The molecular formula is C17H26N2O3. The van der Waals surface area contributed by atoms with Crippen LogP contribution in [-0.4, -0.2) is 51.8 Å². The second-order valence-corrected chi connectivity index (χ2v) is 5.85. The topological polar surface area (TPSA) is 50.8 Å². The quantitative estimate of drug-likeness (QED) is 0.871. The number of hydrogen-bond acceptors (Lipinski definition) is 4. The summed E-state index contributed by atoms with van der Waals surface area (Å²) in [6.45, 7) is 1.94. The Labute approximate surface area is 132 Å². The summed E-state index contributed by atoms with van der Waals surface area (Å²) in [7, 11) is 5.70. The van der Waals surface area contributed by atoms with Gasteiger partial charge in [0, 0.05) is 31.2 Å². The summed E-state index contributed by atoms with van der Waals surface area (Å²) >= 11 is 0. The van der Waals surface area contributed by atoms with E-state index in [1.165, 1.54) is 0 Å². The van der Waals surface area contributed by atoms with Crippen LogP contribution in [0.3, 0.4) is 0 Å². The first-order valence-corrected chi connectivity index (χ1v) is 7.78. The van der Waals surface area contributed by atoms with Gasteiger partial charge in [-0.05, 0) is 33.0 Å². The normalized spacial score (nSPS) is 17.3. The zero-order chi connectivity index (χ0) is 15.9. The Bertz CT molecular complexity index is 485. The Morgan fingerprint density at radius 3 is 2.68 bits per heavy atom. The Morgan fingerprint density at radius 2 is 2.05 bits per heavy atom. The molecule has 1 saturated heterocycles. The second kappa shape index (κ2) is 8.15. The fraction of sp³-hybridized carbons (Fsp3) is 0.588. The molecule has 1 aromatic rings. The molecule has 5 nitrogen and oxygen atoms in total. The van der Waals surface area contributed by atoms with Crippen molar-refractivity contribution in [1.29, 1.82) is 0 Å². The number of likely N-dealkylation sites (N-methyl/N-ethyl adjacent to an activating group) is 1. The summed E-state index contributed by atoms with van der Waals surface area (Å²) in [5.74, 6) is 1.06. The van der Waals surface area contributed by atoms with Crippen molar-refractivity contribution in [1.82, 2.24) is 10.2 Å². The zero-order valence-corrected chi connectivity index (χ0v) is 13.7. The molecule has 0 aromatic heterocycles. The van der Waals surface area contributed by atoms with Gasteiger partial charge >= 0.3 is 0 Å². The SMILES string of the molecule is COc1ccccc1C(CNC(=O)C1CCOCC1)N(C)C. The van der Waals surface area contributed by atoms with Crippen LogP contribution in [0.25, 0.3) is 0 Å². The molecule has 0 aliphatic carbocycles. The first-order valence-electron chi connectivity index (χ1n) is 7.78. The number of para-hydroxylation sites is 1. The molecule has 1 amide bonds. The minimum Gasteiger partial charge on any atom is -0.496 e. The predicted molar refractivity (Wildman–Crippen MR) is 86.0 cm³/mol. The number of nitrogens with one attached hydrogen (secondary N) is 1. The number of carbonyl (C=O) groups is 1. The van der Waals surface area contributed by atoms with Gasteiger partial charge in [0.05, 0.1) is 13.2 Å². The van der Waals surface area contributed by atoms with E-state index < -0.39 is 0 Å². The monoisotopic (exact) mass is 306 g/mol. The molecule has 1 aliphatic heterocycles. The van der Waals surface area contributed by atoms with Crippen molar-refractivity contribution in [3.05, 3.63) is 29.8 Å². The van der Waals surface area contributed by atoms with E-state index in [-0.39, 0.29) is 17.9 Å². The van der Waals surface area contributed by atoms with Gasteiger partial charge in [-0.25, -0.2) is 0 Å². The average molecular weight is 306 g/mol. The number of methoxy groups -OCH3 is 1. The maximum Gasteiger partial charge on any atom is 0.223 e. The highest BCUT2D eigenvalue weighted by molar-refractivity contribution is 5.78. The third-order valence-electron chi connectivity index (χ3n) is 4.18. The molecule has 1 unspecified atom stereocenters. The summed E-state index contributed by atoms with van der Waals surface area (Å²) in [5.41, 5.74) is 1.09. The maximum atomic E-state index is 12.3. The number of nitrogens with zero attached hydrogens (tertiary/aromatic N) is 1. The first kappa shape index (κ1) is 16.8. The van der Waals surface area contributed by atoms with E-state index in [0.717, 1.165) is 24.2 Å². The number of ether oxygens (including phenoxy) is 2. The number of carbonyl (C=O) groups excluding carboxylic acids is 1. The molecule has 1 N–H and O–H groups in total. The van der Waals surface area contributed by atoms with E-state index in [4.69, 9.17) is 9.47 Å². The van der Waals surface area contributed by atoms with Crippen molar-refractivity contribution in [2.75, 3.05) is 41.0 Å². The predicted octanol–water partition coefficient (Wildman–Crippen LogP) is 1.84. The van der Waals surface area contributed by atoms with Gasteiger partial charge in [0.15, 0.2) is 0 Å². The minimum absolute atomic E-state index is 0.0780. The molecule has 5 heteroatoms. The standard InChI is InChI=1S/C17H26N2O3/c1-19(2)15(14-6-4-5-7-16(14)21-3)12-18-17(20)13-8-10-22-11-9-13/h4-7,13,15H,8-12H2,1-3H3,(H,18,20). The summed E-state index contributed by atoms with van der Waals surface area (Å²) in [6, 6.07) is 8.03. The fourth-order valence-electron chi connectivity index (χ4n) is 2.81. The number of benzene rings is 1. The third kappa shape index (κ3) is 4.21. The van der Waals surface area contributed by atoms with E-state index in [1.807, 2.05) is 38.4 Å². The molecular weight excluding hydrogens is 280 g/mol. The lowest BCUT2D eigenvalue weighted by Gasteiger charge is -2.28. The zero-order valence-electron chi connectivity index (χ0n) is 13.7. The van der Waals surface area contributed by atoms with Crippen LogP contribution in [0.15, 0.2) is 24.3 Å².